The Morgan fingerprint density at radius 1 is 1.10 bits per heavy atom. The highest BCUT2D eigenvalue weighted by Gasteiger charge is 2.24. The molecule has 0 fully saturated rings. The first-order valence-electron chi connectivity index (χ1n) is 6.60. The predicted octanol–water partition coefficient (Wildman–Crippen LogP) is 3.23. The van der Waals surface area contributed by atoms with Crippen molar-refractivity contribution < 1.29 is 38.5 Å². The highest BCUT2D eigenvalue weighted by atomic mass is 31.2. The molecular formula is C12H25O8P. The van der Waals surface area contributed by atoms with E-state index in [9.17, 15) is 9.36 Å². The molecule has 0 aromatic carbocycles. The molecule has 21 heavy (non-hydrogen) atoms. The summed E-state index contributed by atoms with van der Waals surface area (Å²) in [4.78, 5) is 27.5. The summed E-state index contributed by atoms with van der Waals surface area (Å²) < 4.78 is 19.4. The molecule has 0 rings (SSSR count). The number of phosphoric acid groups is 1. The summed E-state index contributed by atoms with van der Waals surface area (Å²) in [6, 6.07) is 0. The van der Waals surface area contributed by atoms with Gasteiger partial charge >= 0.3 is 13.8 Å². The average Bonchev–Trinajstić information content (AvgIpc) is 2.40. The molecule has 2 N–H and O–H groups in total. The number of hydrogen-bond donors (Lipinski definition) is 2. The number of rotatable bonds is 11. The van der Waals surface area contributed by atoms with E-state index in [2.05, 4.69) is 25.7 Å². The predicted molar refractivity (Wildman–Crippen MR) is 76.2 cm³/mol. The zero-order valence-corrected chi connectivity index (χ0v) is 13.6. The fourth-order valence-corrected chi connectivity index (χ4v) is 1.07. The molecule has 0 saturated heterocycles. The summed E-state index contributed by atoms with van der Waals surface area (Å²) in [6.07, 6.45) is 3.31. The molecule has 0 spiro atoms. The molecule has 8 nitrogen and oxygen atoms in total. The molecular weight excluding hydrogens is 303 g/mol. The van der Waals surface area contributed by atoms with E-state index in [1.165, 1.54) is 6.92 Å². The van der Waals surface area contributed by atoms with Gasteiger partial charge in [-0.05, 0) is 19.8 Å². The van der Waals surface area contributed by atoms with E-state index in [1.807, 2.05) is 13.8 Å². The zero-order valence-electron chi connectivity index (χ0n) is 12.7. The normalized spacial score (nSPS) is 10.7. The molecule has 0 aliphatic heterocycles. The highest BCUT2D eigenvalue weighted by Crippen LogP contribution is 2.43. The van der Waals surface area contributed by atoms with Crippen LogP contribution in [0.1, 0.15) is 46.5 Å². The van der Waals surface area contributed by atoms with Crippen molar-refractivity contribution in [3.05, 3.63) is 12.2 Å². The summed E-state index contributed by atoms with van der Waals surface area (Å²) >= 11 is 0. The Balaban J connectivity index is 0. The lowest BCUT2D eigenvalue weighted by Gasteiger charge is -2.09. The number of hydrogen-bond acceptors (Lipinski definition) is 6. The van der Waals surface area contributed by atoms with Crippen LogP contribution in [-0.2, 0) is 28.5 Å². The summed E-state index contributed by atoms with van der Waals surface area (Å²) in [6.45, 7) is 9.03. The minimum atomic E-state index is -4.22. The van der Waals surface area contributed by atoms with Crippen LogP contribution in [0.15, 0.2) is 12.2 Å². The number of unbranched alkanes of at least 4 members (excludes halogenated alkanes) is 2. The van der Waals surface area contributed by atoms with Crippen LogP contribution >= 0.6 is 7.82 Å². The van der Waals surface area contributed by atoms with Gasteiger partial charge in [-0.3, -0.25) is 4.89 Å². The fourth-order valence-electron chi connectivity index (χ4n) is 0.627. The van der Waals surface area contributed by atoms with Crippen LogP contribution in [0, 0.1) is 0 Å². The molecule has 0 saturated carbocycles. The first-order valence-corrected chi connectivity index (χ1v) is 8.10. The molecule has 0 heterocycles. The molecule has 0 aromatic heterocycles. The van der Waals surface area contributed by atoms with Gasteiger partial charge in [-0.25, -0.2) is 19.1 Å². The molecule has 9 heteroatoms. The van der Waals surface area contributed by atoms with Gasteiger partial charge in [0.05, 0.1) is 13.2 Å². The van der Waals surface area contributed by atoms with Crippen molar-refractivity contribution in [1.82, 2.24) is 0 Å². The largest absolute Gasteiger partial charge is 0.526 e. The van der Waals surface area contributed by atoms with E-state index in [-0.39, 0.29) is 18.8 Å². The molecule has 0 aliphatic carbocycles. The molecule has 0 radical (unpaired) electrons. The van der Waals surface area contributed by atoms with Crippen molar-refractivity contribution in [3.63, 3.8) is 0 Å². The van der Waals surface area contributed by atoms with Gasteiger partial charge in [0.2, 0.25) is 0 Å². The van der Waals surface area contributed by atoms with Crippen molar-refractivity contribution >= 4 is 13.8 Å². The van der Waals surface area contributed by atoms with Crippen LogP contribution in [0.25, 0.3) is 0 Å². The SMILES string of the molecule is C=C(C)C(=O)O.CCCCOOP(=O)(O)OOCCCC. The monoisotopic (exact) mass is 328 g/mol. The third-order valence-electron chi connectivity index (χ3n) is 1.82. The van der Waals surface area contributed by atoms with Crippen molar-refractivity contribution in [3.8, 4) is 0 Å². The van der Waals surface area contributed by atoms with Gasteiger partial charge in [-0.15, -0.1) is 9.35 Å². The lowest BCUT2D eigenvalue weighted by atomic mass is 10.4. The molecule has 0 amide bonds. The van der Waals surface area contributed by atoms with Crippen LogP contribution < -0.4 is 0 Å². The Morgan fingerprint density at radius 3 is 1.67 bits per heavy atom. The van der Waals surface area contributed by atoms with E-state index in [0.29, 0.717) is 0 Å². The number of carbonyl (C=O) groups is 1. The second-order valence-corrected chi connectivity index (χ2v) is 5.29. The van der Waals surface area contributed by atoms with Gasteiger partial charge < -0.3 is 5.11 Å². The molecule has 126 valence electrons. The van der Waals surface area contributed by atoms with Crippen molar-refractivity contribution in [2.24, 2.45) is 0 Å². The summed E-state index contributed by atoms with van der Waals surface area (Å²) in [5.74, 6) is -0.935. The minimum Gasteiger partial charge on any atom is -0.478 e. The Morgan fingerprint density at radius 2 is 1.43 bits per heavy atom. The van der Waals surface area contributed by atoms with E-state index < -0.39 is 13.8 Å². The van der Waals surface area contributed by atoms with Crippen molar-refractivity contribution in [1.29, 1.82) is 0 Å². The zero-order chi connectivity index (χ0) is 16.7. The van der Waals surface area contributed by atoms with E-state index >= 15 is 0 Å². The third kappa shape index (κ3) is 19.2. The van der Waals surface area contributed by atoms with Crippen molar-refractivity contribution in [2.45, 2.75) is 46.5 Å². The first-order chi connectivity index (χ1) is 9.76. The highest BCUT2D eigenvalue weighted by molar-refractivity contribution is 7.47. The quantitative estimate of drug-likeness (QED) is 0.195. The molecule has 0 bridgehead atoms. The van der Waals surface area contributed by atoms with E-state index in [1.54, 1.807) is 0 Å². The lowest BCUT2D eigenvalue weighted by Crippen LogP contribution is -2.00. The van der Waals surface area contributed by atoms with Crippen LogP contribution in [0.2, 0.25) is 0 Å². The van der Waals surface area contributed by atoms with Crippen LogP contribution in [0.5, 0.6) is 0 Å². The van der Waals surface area contributed by atoms with Gasteiger partial charge in [0, 0.05) is 5.57 Å². The maximum absolute atomic E-state index is 11.0. The Kier molecular flexibility index (Phi) is 15.2. The van der Waals surface area contributed by atoms with Crippen molar-refractivity contribution in [2.75, 3.05) is 13.2 Å². The van der Waals surface area contributed by atoms with Crippen LogP contribution in [0.4, 0.5) is 0 Å². The van der Waals surface area contributed by atoms with Gasteiger partial charge in [-0.1, -0.05) is 33.3 Å². The van der Waals surface area contributed by atoms with E-state index in [4.69, 9.17) is 10.00 Å². The summed E-state index contributed by atoms with van der Waals surface area (Å²) in [5, 5.41) is 7.89. The second kappa shape index (κ2) is 14.2. The first kappa shape index (κ1) is 22.5. The van der Waals surface area contributed by atoms with Gasteiger partial charge in [0.1, 0.15) is 0 Å². The Bertz CT molecular complexity index is 303. The number of carboxylic acids is 1. The third-order valence-corrected chi connectivity index (χ3v) is 2.41. The number of aliphatic carboxylic acids is 1. The number of carboxylic acid groups (broad SMARTS) is 1. The van der Waals surface area contributed by atoms with Gasteiger partial charge in [-0.2, -0.15) is 0 Å². The Labute approximate surface area is 125 Å². The maximum atomic E-state index is 11.0. The molecule has 0 atom stereocenters. The van der Waals surface area contributed by atoms with Crippen LogP contribution in [-0.4, -0.2) is 29.2 Å². The molecule has 0 aliphatic rings. The minimum absolute atomic E-state index is 0.176. The molecule has 0 aromatic rings. The maximum Gasteiger partial charge on any atom is 0.526 e. The fraction of sp³-hybridized carbons (Fsp3) is 0.750. The van der Waals surface area contributed by atoms with Gasteiger partial charge in [0.15, 0.2) is 0 Å². The Hall–Kier alpha value is -0.760. The standard InChI is InChI=1S/C8H19O6P.C4H6O2/c1-3-5-7-11-13-15(9,10)14-12-8-6-4-2;1-3(2)4(5)6/h3-8H2,1-2H3,(H,9,10);1H2,2H3,(H,5,6). The smallest absolute Gasteiger partial charge is 0.478 e. The topological polar surface area (TPSA) is 112 Å². The van der Waals surface area contributed by atoms with Crippen LogP contribution in [0.3, 0.4) is 0 Å². The van der Waals surface area contributed by atoms with Gasteiger partial charge in [0.25, 0.3) is 0 Å². The summed E-state index contributed by atoms with van der Waals surface area (Å²) in [5.41, 5.74) is 0.176. The molecule has 0 unspecified atom stereocenters. The second-order valence-electron chi connectivity index (χ2n) is 4.05. The average molecular weight is 328 g/mol. The van der Waals surface area contributed by atoms with E-state index in [0.717, 1.165) is 25.7 Å². The summed E-state index contributed by atoms with van der Waals surface area (Å²) in [7, 11) is -4.22. The lowest BCUT2D eigenvalue weighted by molar-refractivity contribution is -0.279.